The third-order valence-corrected chi connectivity index (χ3v) is 61.6. The van der Waals surface area contributed by atoms with E-state index in [-0.39, 0.29) is 0 Å². The fourth-order valence-electron chi connectivity index (χ4n) is 0. The van der Waals surface area contributed by atoms with Crippen molar-refractivity contribution in [2.75, 3.05) is 0 Å². The summed E-state index contributed by atoms with van der Waals surface area (Å²) in [5.41, 5.74) is 0. The van der Waals surface area contributed by atoms with Gasteiger partial charge in [0.15, 0.2) is 0 Å². The van der Waals surface area contributed by atoms with Crippen molar-refractivity contribution in [3.63, 3.8) is 0 Å². The van der Waals surface area contributed by atoms with E-state index in [0.717, 1.165) is 0 Å². The molecular formula is C4H12Bi2. The van der Waals surface area contributed by atoms with E-state index in [1.165, 1.54) is 0 Å². The van der Waals surface area contributed by atoms with Crippen LogP contribution in [0.1, 0.15) is 0 Å². The van der Waals surface area contributed by atoms with Crippen LogP contribution in [0.4, 0.5) is 0 Å². The molecule has 0 aromatic heterocycles. The van der Waals surface area contributed by atoms with E-state index in [2.05, 4.69) is 18.5 Å². The Morgan fingerprint density at radius 1 is 0.667 bits per heavy atom. The van der Waals surface area contributed by atoms with Crippen LogP contribution in [-0.2, 0) is 0 Å². The Hall–Kier alpha value is 1.77. The average molecular weight is 478 g/mol. The molecule has 0 aliphatic rings. The second kappa shape index (κ2) is 3.73. The Morgan fingerprint density at radius 3 is 0.833 bits per heavy atom. The van der Waals surface area contributed by atoms with Crippen LogP contribution < -0.4 is 0 Å². The Labute approximate surface area is 51.7 Å². The predicted octanol–water partition coefficient (Wildman–Crippen LogP) is 1.57. The van der Waals surface area contributed by atoms with Crippen molar-refractivity contribution in [2.45, 2.75) is 18.5 Å². The Kier molecular flexibility index (Phi) is 4.83. The minimum absolute atomic E-state index is 0.551. The van der Waals surface area contributed by atoms with Crippen LogP contribution in [0.3, 0.4) is 0 Å². The van der Waals surface area contributed by atoms with Gasteiger partial charge in [-0.05, 0) is 0 Å². The molecule has 0 nitrogen and oxygen atoms in total. The Bertz CT molecular complexity index is 26.5. The van der Waals surface area contributed by atoms with Gasteiger partial charge in [0.05, 0.1) is 0 Å². The molecule has 0 N–H and O–H groups in total. The summed E-state index contributed by atoms with van der Waals surface area (Å²) in [6, 6.07) is 0. The van der Waals surface area contributed by atoms with E-state index < -0.39 is 33.9 Å². The Morgan fingerprint density at radius 2 is 0.833 bits per heavy atom. The van der Waals surface area contributed by atoms with Crippen molar-refractivity contribution in [3.8, 4) is 0 Å². The molecule has 0 aromatic rings. The van der Waals surface area contributed by atoms with E-state index in [0.29, 0.717) is 0 Å². The van der Waals surface area contributed by atoms with Gasteiger partial charge < -0.3 is 0 Å². The summed E-state index contributed by atoms with van der Waals surface area (Å²) >= 11 is -1.10. The van der Waals surface area contributed by atoms with E-state index in [9.17, 15) is 0 Å². The molecule has 0 rings (SSSR count). The van der Waals surface area contributed by atoms with Crippen molar-refractivity contribution in [1.29, 1.82) is 0 Å². The van der Waals surface area contributed by atoms with Gasteiger partial charge in [0.1, 0.15) is 0 Å². The maximum absolute atomic E-state index is 2.53. The number of hydrogen-bond acceptors (Lipinski definition) is 0. The monoisotopic (exact) mass is 478 g/mol. The summed E-state index contributed by atoms with van der Waals surface area (Å²) in [5, 5.41) is 0. The van der Waals surface area contributed by atoms with Gasteiger partial charge in [-0.2, -0.15) is 0 Å². The first kappa shape index (κ1) is 7.77. The van der Waals surface area contributed by atoms with E-state index in [1.807, 2.05) is 0 Å². The first-order chi connectivity index (χ1) is 2.64. The zero-order chi connectivity index (χ0) is 5.15. The summed E-state index contributed by atoms with van der Waals surface area (Å²) in [4.78, 5) is 0. The van der Waals surface area contributed by atoms with Crippen LogP contribution in [-0.4, -0.2) is 33.9 Å². The molecule has 0 radical (unpaired) electrons. The van der Waals surface area contributed by atoms with Gasteiger partial charge in [0.25, 0.3) is 0 Å². The molecule has 0 aliphatic carbocycles. The van der Waals surface area contributed by atoms with Crippen LogP contribution in [0.5, 0.6) is 0 Å². The van der Waals surface area contributed by atoms with E-state index in [4.69, 9.17) is 0 Å². The normalized spacial score (nSPS) is 11.0. The van der Waals surface area contributed by atoms with Crippen LogP contribution >= 0.6 is 0 Å². The quantitative estimate of drug-likeness (QED) is 0.503. The molecule has 0 amide bonds. The summed E-state index contributed by atoms with van der Waals surface area (Å²) in [5.74, 6) is 0. The number of rotatable bonds is 1. The molecule has 2 heteroatoms. The van der Waals surface area contributed by atoms with Crippen molar-refractivity contribution in [1.82, 2.24) is 0 Å². The third-order valence-electron chi connectivity index (χ3n) is 0.800. The van der Waals surface area contributed by atoms with Crippen molar-refractivity contribution in [2.24, 2.45) is 0 Å². The van der Waals surface area contributed by atoms with Crippen LogP contribution in [0.15, 0.2) is 0 Å². The predicted molar refractivity (Wildman–Crippen MR) is 35.0 cm³/mol. The molecule has 0 aliphatic heterocycles. The second-order valence-electron chi connectivity index (χ2n) is 1.69. The fourth-order valence-corrected chi connectivity index (χ4v) is 0. The molecule has 6 heavy (non-hydrogen) atoms. The second-order valence-corrected chi connectivity index (χ2v) is 69.4. The van der Waals surface area contributed by atoms with Gasteiger partial charge in [-0.3, -0.25) is 0 Å². The summed E-state index contributed by atoms with van der Waals surface area (Å²) in [7, 11) is 0. The molecule has 0 saturated heterocycles. The third kappa shape index (κ3) is 3.94. The maximum atomic E-state index is 2.53. The SMILES string of the molecule is [CH3][Bi]([CH3])[Bi]([CH3])[CH3]. The zero-order valence-electron chi connectivity index (χ0n) is 4.89. The zero-order valence-corrected chi connectivity index (χ0v) is 11.8. The molecule has 0 fully saturated rings. The molecular weight excluding hydrogens is 466 g/mol. The van der Waals surface area contributed by atoms with Crippen molar-refractivity contribution >= 4 is 33.9 Å². The molecule has 0 unspecified atom stereocenters. The van der Waals surface area contributed by atoms with Crippen LogP contribution in [0.2, 0.25) is 18.5 Å². The molecule has 0 saturated carbocycles. The van der Waals surface area contributed by atoms with Gasteiger partial charge in [-0.25, -0.2) is 0 Å². The molecule has 0 atom stereocenters. The van der Waals surface area contributed by atoms with Gasteiger partial charge in [0, 0.05) is 0 Å². The van der Waals surface area contributed by atoms with Gasteiger partial charge >= 0.3 is 52.4 Å². The Balaban J connectivity index is 2.99. The van der Waals surface area contributed by atoms with Crippen LogP contribution in [0.25, 0.3) is 0 Å². The van der Waals surface area contributed by atoms with Crippen molar-refractivity contribution in [3.05, 3.63) is 0 Å². The van der Waals surface area contributed by atoms with Crippen molar-refractivity contribution < 1.29 is 0 Å². The molecule has 0 bridgehead atoms. The first-order valence-electron chi connectivity index (χ1n) is 1.99. The number of hydrogen-bond donors (Lipinski definition) is 0. The summed E-state index contributed by atoms with van der Waals surface area (Å²) < 4.78 is 10.1. The molecule has 0 heterocycles. The average Bonchev–Trinajstić information content (AvgIpc) is 1.36. The summed E-state index contributed by atoms with van der Waals surface area (Å²) in [6.07, 6.45) is 0. The molecule has 0 spiro atoms. The molecule has 38 valence electrons. The van der Waals surface area contributed by atoms with E-state index >= 15 is 0 Å². The minimum atomic E-state index is -0.551. The van der Waals surface area contributed by atoms with Gasteiger partial charge in [-0.1, -0.05) is 0 Å². The van der Waals surface area contributed by atoms with E-state index in [1.54, 1.807) is 0 Å². The standard InChI is InChI=1S/4CH3.2Bi/h4*1H3;;. The molecule has 0 aromatic carbocycles. The fraction of sp³-hybridized carbons (Fsp3) is 1.00. The van der Waals surface area contributed by atoms with Crippen LogP contribution in [0, 0.1) is 0 Å². The summed E-state index contributed by atoms with van der Waals surface area (Å²) in [6.45, 7) is 0. The van der Waals surface area contributed by atoms with Gasteiger partial charge in [0.2, 0.25) is 0 Å². The topological polar surface area (TPSA) is 0 Å². The first-order valence-corrected chi connectivity index (χ1v) is 31.1. The van der Waals surface area contributed by atoms with Gasteiger partial charge in [-0.15, -0.1) is 0 Å².